The monoisotopic (exact) mass is 265 g/mol. The molecule has 0 aliphatic heterocycles. The van der Waals surface area contributed by atoms with Crippen LogP contribution in [0.2, 0.25) is 0 Å². The minimum absolute atomic E-state index is 0.775. The Kier molecular flexibility index (Phi) is 4.04. The predicted octanol–water partition coefficient (Wildman–Crippen LogP) is 2.66. The summed E-state index contributed by atoms with van der Waals surface area (Å²) in [4.78, 5) is 5.40. The first-order chi connectivity index (χ1) is 8.61. The quantitative estimate of drug-likeness (QED) is 0.844. The third-order valence-electron chi connectivity index (χ3n) is 2.97. The second-order valence-electron chi connectivity index (χ2n) is 4.62. The van der Waals surface area contributed by atoms with Crippen LogP contribution < -0.4 is 4.74 Å². The van der Waals surface area contributed by atoms with E-state index in [1.807, 2.05) is 18.2 Å². The molecule has 0 saturated carbocycles. The second kappa shape index (κ2) is 5.54. The van der Waals surface area contributed by atoms with Crippen molar-refractivity contribution in [3.63, 3.8) is 0 Å². The molecular formula is C13H19N3OS. The highest BCUT2D eigenvalue weighted by Gasteiger charge is 2.05. The van der Waals surface area contributed by atoms with Gasteiger partial charge in [-0.3, -0.25) is 0 Å². The fourth-order valence-electron chi connectivity index (χ4n) is 2.03. The number of methoxy groups -OCH3 is 1. The van der Waals surface area contributed by atoms with E-state index in [2.05, 4.69) is 28.5 Å². The molecule has 0 atom stereocenters. The maximum atomic E-state index is 5.36. The molecule has 0 amide bonds. The maximum absolute atomic E-state index is 5.36. The molecule has 0 aliphatic carbocycles. The highest BCUT2D eigenvalue weighted by molar-refractivity contribution is 7.71. The summed E-state index contributed by atoms with van der Waals surface area (Å²) in [6, 6.07) is 5.97. The van der Waals surface area contributed by atoms with Gasteiger partial charge in [0, 0.05) is 12.6 Å². The Labute approximate surface area is 112 Å². The average molecular weight is 265 g/mol. The number of rotatable bonds is 5. The van der Waals surface area contributed by atoms with Crippen molar-refractivity contribution in [1.29, 1.82) is 0 Å². The number of H-pyrrole nitrogens is 1. The van der Waals surface area contributed by atoms with Gasteiger partial charge in [-0.05, 0) is 51.4 Å². The molecule has 0 spiro atoms. The number of benzene rings is 1. The van der Waals surface area contributed by atoms with E-state index in [0.29, 0.717) is 0 Å². The van der Waals surface area contributed by atoms with Crippen molar-refractivity contribution >= 4 is 23.3 Å². The summed E-state index contributed by atoms with van der Waals surface area (Å²) in [5, 5.41) is 0. The largest absolute Gasteiger partial charge is 0.497 e. The van der Waals surface area contributed by atoms with Crippen molar-refractivity contribution in [2.75, 3.05) is 27.7 Å². The number of nitrogens with one attached hydrogen (secondary N) is 1. The lowest BCUT2D eigenvalue weighted by atomic mass is 10.3. The maximum Gasteiger partial charge on any atom is 0.178 e. The Balaban J connectivity index is 2.30. The summed E-state index contributed by atoms with van der Waals surface area (Å²) in [6.45, 7) is 1.97. The Morgan fingerprint density at radius 2 is 2.17 bits per heavy atom. The second-order valence-corrected chi connectivity index (χ2v) is 5.01. The van der Waals surface area contributed by atoms with Gasteiger partial charge in [0.25, 0.3) is 0 Å². The van der Waals surface area contributed by atoms with Crippen LogP contribution in [0.1, 0.15) is 6.42 Å². The first kappa shape index (κ1) is 13.1. The highest BCUT2D eigenvalue weighted by atomic mass is 32.1. The molecule has 98 valence electrons. The van der Waals surface area contributed by atoms with E-state index < -0.39 is 0 Å². The molecule has 0 unspecified atom stereocenters. The number of fused-ring (bicyclic) bond motifs is 1. The Hall–Kier alpha value is -1.33. The van der Waals surface area contributed by atoms with Crippen LogP contribution in [0.5, 0.6) is 5.75 Å². The van der Waals surface area contributed by atoms with E-state index >= 15 is 0 Å². The molecule has 2 rings (SSSR count). The van der Waals surface area contributed by atoms with Crippen LogP contribution in [0, 0.1) is 4.77 Å². The molecule has 0 radical (unpaired) electrons. The molecule has 1 N–H and O–H groups in total. The van der Waals surface area contributed by atoms with Crippen LogP contribution in [0.15, 0.2) is 18.2 Å². The zero-order valence-corrected chi connectivity index (χ0v) is 11.9. The third-order valence-corrected chi connectivity index (χ3v) is 3.29. The number of hydrogen-bond donors (Lipinski definition) is 1. The molecule has 4 nitrogen and oxygen atoms in total. The predicted molar refractivity (Wildman–Crippen MR) is 76.8 cm³/mol. The Bertz CT molecular complexity index is 585. The molecule has 1 aromatic carbocycles. The van der Waals surface area contributed by atoms with E-state index in [0.717, 1.165) is 41.1 Å². The summed E-state index contributed by atoms with van der Waals surface area (Å²) in [5.41, 5.74) is 2.17. The molecule has 0 saturated heterocycles. The average Bonchev–Trinajstić information content (AvgIpc) is 2.64. The van der Waals surface area contributed by atoms with Crippen LogP contribution in [0.3, 0.4) is 0 Å². The molecule has 1 heterocycles. The molecule has 0 aliphatic rings. The summed E-state index contributed by atoms with van der Waals surface area (Å²) in [7, 11) is 5.84. The van der Waals surface area contributed by atoms with E-state index in [1.54, 1.807) is 7.11 Å². The third kappa shape index (κ3) is 2.73. The normalized spacial score (nSPS) is 11.3. The fourth-order valence-corrected chi connectivity index (χ4v) is 2.33. The van der Waals surface area contributed by atoms with Crippen molar-refractivity contribution < 1.29 is 4.74 Å². The van der Waals surface area contributed by atoms with Crippen LogP contribution in [-0.4, -0.2) is 42.2 Å². The topological polar surface area (TPSA) is 33.2 Å². The van der Waals surface area contributed by atoms with Crippen LogP contribution in [0.25, 0.3) is 11.0 Å². The Morgan fingerprint density at radius 3 is 2.83 bits per heavy atom. The summed E-state index contributed by atoms with van der Waals surface area (Å²) < 4.78 is 8.17. The van der Waals surface area contributed by atoms with Gasteiger partial charge in [-0.2, -0.15) is 0 Å². The van der Waals surface area contributed by atoms with Gasteiger partial charge in [0.2, 0.25) is 0 Å². The highest BCUT2D eigenvalue weighted by Crippen LogP contribution is 2.20. The van der Waals surface area contributed by atoms with Gasteiger partial charge in [0.15, 0.2) is 4.77 Å². The minimum Gasteiger partial charge on any atom is -0.497 e. The van der Waals surface area contributed by atoms with E-state index in [-0.39, 0.29) is 0 Å². The first-order valence-corrected chi connectivity index (χ1v) is 6.44. The van der Waals surface area contributed by atoms with Gasteiger partial charge < -0.3 is 19.2 Å². The van der Waals surface area contributed by atoms with Gasteiger partial charge in [-0.25, -0.2) is 0 Å². The Morgan fingerprint density at radius 1 is 1.39 bits per heavy atom. The number of aryl methyl sites for hydroxylation is 1. The summed E-state index contributed by atoms with van der Waals surface area (Å²) >= 11 is 5.36. The molecule has 18 heavy (non-hydrogen) atoms. The number of aromatic nitrogens is 2. The van der Waals surface area contributed by atoms with Crippen LogP contribution in [0.4, 0.5) is 0 Å². The standard InChI is InChI=1S/C13H19N3OS/c1-15(2)7-4-8-16-12-9-10(17-3)5-6-11(12)14-13(16)18/h5-6,9H,4,7-8H2,1-3H3,(H,14,18). The minimum atomic E-state index is 0.775. The number of ether oxygens (including phenoxy) is 1. The lowest BCUT2D eigenvalue weighted by Gasteiger charge is -2.10. The molecule has 5 heteroatoms. The van der Waals surface area contributed by atoms with Gasteiger partial charge in [-0.1, -0.05) is 0 Å². The number of nitrogens with zero attached hydrogens (tertiary/aromatic N) is 2. The lowest BCUT2D eigenvalue weighted by molar-refractivity contribution is 0.387. The smallest absolute Gasteiger partial charge is 0.178 e. The van der Waals surface area contributed by atoms with Crippen molar-refractivity contribution in [3.8, 4) is 5.75 Å². The van der Waals surface area contributed by atoms with Crippen molar-refractivity contribution in [3.05, 3.63) is 23.0 Å². The van der Waals surface area contributed by atoms with Crippen molar-refractivity contribution in [2.45, 2.75) is 13.0 Å². The van der Waals surface area contributed by atoms with E-state index in [4.69, 9.17) is 17.0 Å². The number of hydrogen-bond acceptors (Lipinski definition) is 3. The zero-order chi connectivity index (χ0) is 13.1. The zero-order valence-electron chi connectivity index (χ0n) is 11.1. The summed E-state index contributed by atoms with van der Waals surface area (Å²) in [6.07, 6.45) is 1.07. The molecular weight excluding hydrogens is 246 g/mol. The van der Waals surface area contributed by atoms with Gasteiger partial charge in [0.05, 0.1) is 18.1 Å². The molecule has 0 bridgehead atoms. The lowest BCUT2D eigenvalue weighted by Crippen LogP contribution is -2.15. The van der Waals surface area contributed by atoms with Crippen molar-refractivity contribution in [2.24, 2.45) is 0 Å². The molecule has 2 aromatic rings. The van der Waals surface area contributed by atoms with Crippen LogP contribution in [-0.2, 0) is 6.54 Å². The van der Waals surface area contributed by atoms with E-state index in [1.165, 1.54) is 0 Å². The first-order valence-electron chi connectivity index (χ1n) is 6.03. The van der Waals surface area contributed by atoms with Gasteiger partial charge >= 0.3 is 0 Å². The molecule has 1 aromatic heterocycles. The number of imidazole rings is 1. The molecule has 0 fully saturated rings. The van der Waals surface area contributed by atoms with Gasteiger partial charge in [0.1, 0.15) is 5.75 Å². The number of aromatic amines is 1. The van der Waals surface area contributed by atoms with Crippen molar-refractivity contribution in [1.82, 2.24) is 14.5 Å². The van der Waals surface area contributed by atoms with Gasteiger partial charge in [-0.15, -0.1) is 0 Å². The summed E-state index contributed by atoms with van der Waals surface area (Å²) in [5.74, 6) is 0.859. The van der Waals surface area contributed by atoms with Crippen LogP contribution >= 0.6 is 12.2 Å². The van der Waals surface area contributed by atoms with E-state index in [9.17, 15) is 0 Å². The fraction of sp³-hybridized carbons (Fsp3) is 0.462. The SMILES string of the molecule is COc1ccc2[nH]c(=S)n(CCCN(C)C)c2c1.